The first kappa shape index (κ1) is 15.2. The Balaban J connectivity index is 2.80. The van der Waals surface area contributed by atoms with Crippen LogP contribution in [0, 0.1) is 20.8 Å². The van der Waals surface area contributed by atoms with E-state index in [4.69, 9.17) is 4.74 Å². The summed E-state index contributed by atoms with van der Waals surface area (Å²) >= 11 is 3.49. The van der Waals surface area contributed by atoms with E-state index >= 15 is 0 Å². The summed E-state index contributed by atoms with van der Waals surface area (Å²) in [4.78, 5) is 12.1. The molecule has 0 fully saturated rings. The fourth-order valence-corrected chi connectivity index (χ4v) is 2.28. The quantitative estimate of drug-likeness (QED) is 0.848. The first-order valence-corrected chi connectivity index (χ1v) is 6.81. The number of hydrogen-bond donors (Lipinski definition) is 1. The van der Waals surface area contributed by atoms with Crippen molar-refractivity contribution in [3.8, 4) is 0 Å². The van der Waals surface area contributed by atoms with Crippen molar-refractivity contribution in [3.05, 3.63) is 32.8 Å². The van der Waals surface area contributed by atoms with Gasteiger partial charge in [0.05, 0.1) is 0 Å². The normalized spacial score (nSPS) is 10.5. The number of halogens is 1. The van der Waals surface area contributed by atoms with Crippen LogP contribution in [0.1, 0.15) is 33.5 Å². The molecule has 4 heteroatoms. The number of carbonyl (C=O) groups is 1. The molecule has 0 spiro atoms. The van der Waals surface area contributed by atoms with E-state index in [2.05, 4.69) is 21.2 Å². The summed E-state index contributed by atoms with van der Waals surface area (Å²) in [5.41, 5.74) is 4.12. The van der Waals surface area contributed by atoms with E-state index in [0.717, 1.165) is 27.6 Å². The monoisotopic (exact) mass is 313 g/mol. The molecule has 3 nitrogen and oxygen atoms in total. The minimum absolute atomic E-state index is 0.0209. The van der Waals surface area contributed by atoms with Crippen LogP contribution >= 0.6 is 15.9 Å². The number of carbonyl (C=O) groups excluding carboxylic acids is 1. The van der Waals surface area contributed by atoms with Crippen molar-refractivity contribution in [1.29, 1.82) is 0 Å². The highest BCUT2D eigenvalue weighted by Gasteiger charge is 2.13. The smallest absolute Gasteiger partial charge is 0.251 e. The average molecular weight is 314 g/mol. The largest absolute Gasteiger partial charge is 0.385 e. The number of methoxy groups -OCH3 is 1. The van der Waals surface area contributed by atoms with Gasteiger partial charge in [-0.15, -0.1) is 0 Å². The van der Waals surface area contributed by atoms with Crippen LogP contribution in [-0.2, 0) is 4.74 Å². The summed E-state index contributed by atoms with van der Waals surface area (Å²) in [6.45, 7) is 7.37. The molecule has 0 atom stereocenters. The Morgan fingerprint density at radius 1 is 1.28 bits per heavy atom. The lowest BCUT2D eigenvalue weighted by atomic mass is 9.98. The molecule has 0 aliphatic heterocycles. The Hall–Kier alpha value is -0.870. The third kappa shape index (κ3) is 3.56. The molecule has 1 aromatic carbocycles. The molecule has 1 N–H and O–H groups in total. The summed E-state index contributed by atoms with van der Waals surface area (Å²) in [5, 5.41) is 2.91. The summed E-state index contributed by atoms with van der Waals surface area (Å²) in [6.07, 6.45) is 0.827. The second-order valence-electron chi connectivity index (χ2n) is 4.38. The summed E-state index contributed by atoms with van der Waals surface area (Å²) in [6, 6.07) is 1.89. The van der Waals surface area contributed by atoms with E-state index in [-0.39, 0.29) is 5.91 Å². The molecule has 0 radical (unpaired) electrons. The molecule has 1 rings (SSSR count). The maximum absolute atomic E-state index is 12.1. The highest BCUT2D eigenvalue weighted by atomic mass is 79.9. The SMILES string of the molecule is COCCCNC(=O)c1cc(Br)c(C)c(C)c1C. The van der Waals surface area contributed by atoms with Crippen LogP contribution in [0.4, 0.5) is 0 Å². The van der Waals surface area contributed by atoms with Gasteiger partial charge in [-0.05, 0) is 49.9 Å². The molecule has 0 aromatic heterocycles. The first-order chi connectivity index (χ1) is 8.49. The number of benzene rings is 1. The zero-order valence-corrected chi connectivity index (χ0v) is 13.0. The third-order valence-electron chi connectivity index (χ3n) is 3.21. The van der Waals surface area contributed by atoms with Gasteiger partial charge in [-0.2, -0.15) is 0 Å². The Morgan fingerprint density at radius 2 is 1.94 bits per heavy atom. The van der Waals surface area contributed by atoms with E-state index in [9.17, 15) is 4.79 Å². The lowest BCUT2D eigenvalue weighted by Gasteiger charge is -2.13. The minimum Gasteiger partial charge on any atom is -0.385 e. The van der Waals surface area contributed by atoms with Crippen molar-refractivity contribution in [1.82, 2.24) is 5.32 Å². The predicted molar refractivity (Wildman–Crippen MR) is 77.2 cm³/mol. The standard InChI is InChI=1S/C14H20BrNO2/c1-9-10(2)12(8-13(15)11(9)3)14(17)16-6-5-7-18-4/h8H,5-7H2,1-4H3,(H,16,17). The van der Waals surface area contributed by atoms with Gasteiger partial charge in [0.1, 0.15) is 0 Å². The lowest BCUT2D eigenvalue weighted by Crippen LogP contribution is -2.26. The van der Waals surface area contributed by atoms with Gasteiger partial charge in [-0.25, -0.2) is 0 Å². The average Bonchev–Trinajstić information content (AvgIpc) is 2.36. The van der Waals surface area contributed by atoms with Gasteiger partial charge in [0.15, 0.2) is 0 Å². The highest BCUT2D eigenvalue weighted by Crippen LogP contribution is 2.25. The Bertz CT molecular complexity index is 444. The fraction of sp³-hybridized carbons (Fsp3) is 0.500. The zero-order chi connectivity index (χ0) is 13.7. The summed E-state index contributed by atoms with van der Waals surface area (Å²) in [7, 11) is 1.66. The van der Waals surface area contributed by atoms with Crippen LogP contribution in [0.15, 0.2) is 10.5 Å². The van der Waals surface area contributed by atoms with Crippen LogP contribution in [-0.4, -0.2) is 26.2 Å². The second kappa shape index (κ2) is 6.90. The second-order valence-corrected chi connectivity index (χ2v) is 5.24. The Kier molecular flexibility index (Phi) is 5.82. The third-order valence-corrected chi connectivity index (χ3v) is 4.04. The van der Waals surface area contributed by atoms with E-state index in [1.165, 1.54) is 5.56 Å². The van der Waals surface area contributed by atoms with E-state index < -0.39 is 0 Å². The molecule has 0 saturated carbocycles. The Morgan fingerprint density at radius 3 is 2.56 bits per heavy atom. The van der Waals surface area contributed by atoms with Gasteiger partial charge in [-0.1, -0.05) is 15.9 Å². The summed E-state index contributed by atoms with van der Waals surface area (Å²) < 4.78 is 5.93. The Labute approximate surface area is 117 Å². The van der Waals surface area contributed by atoms with Crippen LogP contribution in [0.5, 0.6) is 0 Å². The number of nitrogens with one attached hydrogen (secondary N) is 1. The van der Waals surface area contributed by atoms with Gasteiger partial charge in [-0.3, -0.25) is 4.79 Å². The van der Waals surface area contributed by atoms with Crippen molar-refractivity contribution >= 4 is 21.8 Å². The molecule has 100 valence electrons. The first-order valence-electron chi connectivity index (χ1n) is 6.02. The number of amides is 1. The van der Waals surface area contributed by atoms with Crippen molar-refractivity contribution in [2.45, 2.75) is 27.2 Å². The van der Waals surface area contributed by atoms with E-state index in [0.29, 0.717) is 13.2 Å². The molecule has 0 bridgehead atoms. The van der Waals surface area contributed by atoms with E-state index in [1.54, 1.807) is 7.11 Å². The maximum atomic E-state index is 12.1. The van der Waals surface area contributed by atoms with Crippen LogP contribution in [0.25, 0.3) is 0 Å². The molecular formula is C14H20BrNO2. The fourth-order valence-electron chi connectivity index (χ4n) is 1.76. The molecular weight excluding hydrogens is 294 g/mol. The minimum atomic E-state index is -0.0209. The lowest BCUT2D eigenvalue weighted by molar-refractivity contribution is 0.0948. The predicted octanol–water partition coefficient (Wildman–Crippen LogP) is 3.14. The van der Waals surface area contributed by atoms with E-state index in [1.807, 2.05) is 26.8 Å². The molecule has 0 aliphatic carbocycles. The molecule has 1 aromatic rings. The molecule has 0 saturated heterocycles. The molecule has 1 amide bonds. The maximum Gasteiger partial charge on any atom is 0.251 e. The van der Waals surface area contributed by atoms with Gasteiger partial charge in [0.25, 0.3) is 5.91 Å². The molecule has 0 aliphatic rings. The number of ether oxygens (including phenoxy) is 1. The van der Waals surface area contributed by atoms with Gasteiger partial charge >= 0.3 is 0 Å². The van der Waals surface area contributed by atoms with Gasteiger partial charge in [0, 0.05) is 30.3 Å². The van der Waals surface area contributed by atoms with Crippen molar-refractivity contribution in [2.24, 2.45) is 0 Å². The van der Waals surface area contributed by atoms with Gasteiger partial charge in [0.2, 0.25) is 0 Å². The van der Waals surface area contributed by atoms with Crippen molar-refractivity contribution < 1.29 is 9.53 Å². The molecule has 0 unspecified atom stereocenters. The molecule has 0 heterocycles. The topological polar surface area (TPSA) is 38.3 Å². The van der Waals surface area contributed by atoms with Crippen molar-refractivity contribution in [3.63, 3.8) is 0 Å². The van der Waals surface area contributed by atoms with Crippen LogP contribution in [0.3, 0.4) is 0 Å². The summed E-state index contributed by atoms with van der Waals surface area (Å²) in [5.74, 6) is -0.0209. The number of hydrogen-bond acceptors (Lipinski definition) is 2. The zero-order valence-electron chi connectivity index (χ0n) is 11.4. The van der Waals surface area contributed by atoms with Gasteiger partial charge < -0.3 is 10.1 Å². The van der Waals surface area contributed by atoms with Crippen LogP contribution < -0.4 is 5.32 Å². The molecule has 18 heavy (non-hydrogen) atoms. The highest BCUT2D eigenvalue weighted by molar-refractivity contribution is 9.10. The number of rotatable bonds is 5. The van der Waals surface area contributed by atoms with Crippen LogP contribution in [0.2, 0.25) is 0 Å². The van der Waals surface area contributed by atoms with Crippen molar-refractivity contribution in [2.75, 3.05) is 20.3 Å².